The van der Waals surface area contributed by atoms with Gasteiger partial charge in [0.25, 0.3) is 0 Å². The van der Waals surface area contributed by atoms with Crippen LogP contribution in [-0.4, -0.2) is 57.5 Å². The van der Waals surface area contributed by atoms with E-state index in [1.807, 2.05) is 0 Å². The van der Waals surface area contributed by atoms with E-state index >= 15 is 0 Å². The van der Waals surface area contributed by atoms with Gasteiger partial charge in [0, 0.05) is 18.4 Å². The number of fused-ring (bicyclic) bond motifs is 1. The molecular weight excluding hydrogens is 318 g/mol. The number of hydrogen-bond donors (Lipinski definition) is 0. The number of nitrogens with zero attached hydrogens (tertiary/aromatic N) is 1. The number of quaternary nitrogens is 1. The first-order chi connectivity index (χ1) is 12.1. The van der Waals surface area contributed by atoms with E-state index < -0.39 is 0 Å². The van der Waals surface area contributed by atoms with Crippen molar-refractivity contribution in [2.45, 2.75) is 38.1 Å². The third-order valence-corrected chi connectivity index (χ3v) is 6.02. The monoisotopic (exact) mass is 348 g/mol. The molecule has 0 N–H and O–H groups in total. The molecule has 2 fully saturated rings. The molecule has 2 saturated heterocycles. The van der Waals surface area contributed by atoms with Crippen molar-refractivity contribution in [3.8, 4) is 11.5 Å². The van der Waals surface area contributed by atoms with Gasteiger partial charge in [-0.25, -0.2) is 4.79 Å². The molecular formula is C20H30NO4+. The van der Waals surface area contributed by atoms with E-state index in [-0.39, 0.29) is 5.97 Å². The topological polar surface area (TPSA) is 44.8 Å². The highest BCUT2D eigenvalue weighted by Gasteiger charge is 2.43. The molecule has 1 aromatic carbocycles. The summed E-state index contributed by atoms with van der Waals surface area (Å²) in [5.74, 6) is 1.37. The zero-order chi connectivity index (χ0) is 17.9. The van der Waals surface area contributed by atoms with E-state index in [0.29, 0.717) is 35.6 Å². The van der Waals surface area contributed by atoms with Crippen LogP contribution in [-0.2, 0) is 4.74 Å². The predicted molar refractivity (Wildman–Crippen MR) is 96.1 cm³/mol. The second-order valence-corrected chi connectivity index (χ2v) is 7.59. The molecule has 0 aliphatic carbocycles. The average molecular weight is 348 g/mol. The molecule has 3 rings (SSSR count). The van der Waals surface area contributed by atoms with Crippen LogP contribution in [0, 0.1) is 5.92 Å². The van der Waals surface area contributed by atoms with Gasteiger partial charge in [0.2, 0.25) is 0 Å². The Morgan fingerprint density at radius 1 is 1.04 bits per heavy atom. The zero-order valence-electron chi connectivity index (χ0n) is 15.6. The van der Waals surface area contributed by atoms with E-state index in [4.69, 9.17) is 14.2 Å². The summed E-state index contributed by atoms with van der Waals surface area (Å²) in [7, 11) is 5.53. The van der Waals surface area contributed by atoms with Crippen LogP contribution in [0.25, 0.3) is 0 Å². The Labute approximate surface area is 150 Å². The SMILES string of the molecule is COc1cc(OC)cc(C(=O)OC[C@@H]2CCC[N+]3(C)CCCC[C@@H]23)c1. The van der Waals surface area contributed by atoms with Gasteiger partial charge in [-0.05, 0) is 37.8 Å². The highest BCUT2D eigenvalue weighted by Crippen LogP contribution is 2.36. The fraction of sp³-hybridized carbons (Fsp3) is 0.650. The van der Waals surface area contributed by atoms with Gasteiger partial charge in [-0.3, -0.25) is 0 Å². The van der Waals surface area contributed by atoms with Crippen LogP contribution in [0.1, 0.15) is 42.5 Å². The molecule has 2 aliphatic rings. The van der Waals surface area contributed by atoms with E-state index in [9.17, 15) is 4.79 Å². The third kappa shape index (κ3) is 3.92. The maximum absolute atomic E-state index is 12.5. The molecule has 2 heterocycles. The lowest BCUT2D eigenvalue weighted by Gasteiger charge is -2.51. The van der Waals surface area contributed by atoms with Crippen molar-refractivity contribution in [3.05, 3.63) is 23.8 Å². The molecule has 138 valence electrons. The summed E-state index contributed by atoms with van der Waals surface area (Å²) < 4.78 is 17.3. The van der Waals surface area contributed by atoms with Crippen LogP contribution in [0.2, 0.25) is 0 Å². The van der Waals surface area contributed by atoms with Crippen molar-refractivity contribution in [1.82, 2.24) is 0 Å². The highest BCUT2D eigenvalue weighted by molar-refractivity contribution is 5.90. The van der Waals surface area contributed by atoms with Crippen molar-refractivity contribution in [1.29, 1.82) is 0 Å². The second kappa shape index (κ2) is 7.65. The molecule has 3 atom stereocenters. The number of esters is 1. The number of rotatable bonds is 5. The van der Waals surface area contributed by atoms with Gasteiger partial charge in [-0.2, -0.15) is 0 Å². The van der Waals surface area contributed by atoms with Crippen molar-refractivity contribution < 1.29 is 23.5 Å². The van der Waals surface area contributed by atoms with Gasteiger partial charge < -0.3 is 18.7 Å². The second-order valence-electron chi connectivity index (χ2n) is 7.59. The van der Waals surface area contributed by atoms with Crippen LogP contribution in [0.15, 0.2) is 18.2 Å². The fourth-order valence-corrected chi connectivity index (χ4v) is 4.62. The van der Waals surface area contributed by atoms with Gasteiger partial charge in [-0.15, -0.1) is 0 Å². The lowest BCUT2D eigenvalue weighted by atomic mass is 9.82. The van der Waals surface area contributed by atoms with Gasteiger partial charge in [0.1, 0.15) is 18.1 Å². The Balaban J connectivity index is 1.65. The maximum Gasteiger partial charge on any atom is 0.338 e. The Morgan fingerprint density at radius 3 is 2.40 bits per heavy atom. The Kier molecular flexibility index (Phi) is 5.52. The van der Waals surface area contributed by atoms with Crippen molar-refractivity contribution in [3.63, 3.8) is 0 Å². The minimum Gasteiger partial charge on any atom is -0.497 e. The molecule has 0 saturated carbocycles. The van der Waals surface area contributed by atoms with E-state index in [2.05, 4.69) is 7.05 Å². The summed E-state index contributed by atoms with van der Waals surface area (Å²) in [6, 6.07) is 5.79. The van der Waals surface area contributed by atoms with Gasteiger partial charge in [-0.1, -0.05) is 0 Å². The van der Waals surface area contributed by atoms with Crippen molar-refractivity contribution in [2.75, 3.05) is 41.0 Å². The van der Waals surface area contributed by atoms with Gasteiger partial charge in [0.15, 0.2) is 0 Å². The Morgan fingerprint density at radius 2 is 1.72 bits per heavy atom. The van der Waals surface area contributed by atoms with Crippen LogP contribution < -0.4 is 9.47 Å². The van der Waals surface area contributed by atoms with Crippen LogP contribution in [0.5, 0.6) is 11.5 Å². The van der Waals surface area contributed by atoms with Crippen LogP contribution in [0.3, 0.4) is 0 Å². The minimum absolute atomic E-state index is 0.298. The molecule has 0 amide bonds. The molecule has 0 spiro atoms. The summed E-state index contributed by atoms with van der Waals surface area (Å²) >= 11 is 0. The molecule has 0 aromatic heterocycles. The van der Waals surface area contributed by atoms with E-state index in [1.54, 1.807) is 32.4 Å². The summed E-state index contributed by atoms with van der Waals surface area (Å²) in [4.78, 5) is 12.5. The molecule has 25 heavy (non-hydrogen) atoms. The van der Waals surface area contributed by atoms with Crippen LogP contribution >= 0.6 is 0 Å². The number of piperidine rings is 2. The smallest absolute Gasteiger partial charge is 0.338 e. The van der Waals surface area contributed by atoms with Gasteiger partial charge >= 0.3 is 5.97 Å². The van der Waals surface area contributed by atoms with Crippen molar-refractivity contribution >= 4 is 5.97 Å². The minimum atomic E-state index is -0.298. The Hall–Kier alpha value is -1.75. The number of benzene rings is 1. The molecule has 0 radical (unpaired) electrons. The number of carbonyl (C=O) groups is 1. The quantitative estimate of drug-likeness (QED) is 0.605. The Bertz CT molecular complexity index is 591. The number of ether oxygens (including phenoxy) is 3. The fourth-order valence-electron chi connectivity index (χ4n) is 4.62. The number of methoxy groups -OCH3 is 2. The standard InChI is InChI=1S/C20H30NO4/c1-21-9-5-4-8-19(21)15(7-6-10-21)14-25-20(22)16-11-17(23-2)13-18(12-16)24-3/h11-13,15,19H,4-10,14H2,1-3H3/q+1/t15-,19-,21?/m0/s1. The molecule has 0 bridgehead atoms. The molecule has 5 nitrogen and oxygen atoms in total. The summed E-state index contributed by atoms with van der Waals surface area (Å²) in [6.07, 6.45) is 6.26. The zero-order valence-corrected chi connectivity index (χ0v) is 15.6. The number of carbonyl (C=O) groups excluding carboxylic acids is 1. The van der Waals surface area contributed by atoms with Crippen LogP contribution in [0.4, 0.5) is 0 Å². The van der Waals surface area contributed by atoms with Gasteiger partial charge in [0.05, 0.1) is 46.0 Å². The first kappa shape index (κ1) is 18.1. The molecule has 1 unspecified atom stereocenters. The summed E-state index contributed by atoms with van der Waals surface area (Å²) in [5, 5.41) is 0. The normalized spacial score (nSPS) is 28.8. The van der Waals surface area contributed by atoms with Crippen molar-refractivity contribution in [2.24, 2.45) is 5.92 Å². The highest BCUT2D eigenvalue weighted by atomic mass is 16.5. The lowest BCUT2D eigenvalue weighted by Crippen LogP contribution is -2.61. The predicted octanol–water partition coefficient (Wildman–Crippen LogP) is 3.27. The number of hydrogen-bond acceptors (Lipinski definition) is 4. The first-order valence-corrected chi connectivity index (χ1v) is 9.30. The molecule has 2 aliphatic heterocycles. The third-order valence-electron chi connectivity index (χ3n) is 6.02. The first-order valence-electron chi connectivity index (χ1n) is 9.30. The molecule has 5 heteroatoms. The lowest BCUT2D eigenvalue weighted by molar-refractivity contribution is -0.947. The molecule has 1 aromatic rings. The maximum atomic E-state index is 12.5. The van der Waals surface area contributed by atoms with E-state index in [1.165, 1.54) is 38.8 Å². The largest absolute Gasteiger partial charge is 0.497 e. The van der Waals surface area contributed by atoms with E-state index in [0.717, 1.165) is 10.9 Å². The average Bonchev–Trinajstić information content (AvgIpc) is 2.64. The summed E-state index contributed by atoms with van der Waals surface area (Å²) in [5.41, 5.74) is 0.480. The summed E-state index contributed by atoms with van der Waals surface area (Å²) in [6.45, 7) is 3.04.